The zero-order valence-corrected chi connectivity index (χ0v) is 21.3. The van der Waals surface area contributed by atoms with E-state index in [9.17, 15) is 4.79 Å². The molecule has 36 heavy (non-hydrogen) atoms. The second kappa shape index (κ2) is 11.2. The molecule has 8 heteroatoms. The summed E-state index contributed by atoms with van der Waals surface area (Å²) < 4.78 is 0. The van der Waals surface area contributed by atoms with Crippen LogP contribution < -0.4 is 5.32 Å². The van der Waals surface area contributed by atoms with Crippen LogP contribution in [-0.2, 0) is 25.8 Å². The van der Waals surface area contributed by atoms with Gasteiger partial charge >= 0.3 is 0 Å². The number of halogens is 2. The Bertz CT molecular complexity index is 1320. The van der Waals surface area contributed by atoms with Crippen LogP contribution in [-0.4, -0.2) is 25.8 Å². The molecular weight excluding hydrogens is 493 g/mol. The van der Waals surface area contributed by atoms with Crippen molar-refractivity contribution in [3.8, 4) is 0 Å². The number of rotatable bonds is 8. The third kappa shape index (κ3) is 5.61. The number of aromatic nitrogens is 4. The first kappa shape index (κ1) is 24.5. The molecule has 0 saturated carbocycles. The molecule has 1 amide bonds. The molecule has 0 spiro atoms. The lowest BCUT2D eigenvalue weighted by Crippen LogP contribution is -2.25. The zero-order chi connectivity index (χ0) is 24.9. The van der Waals surface area contributed by atoms with Crippen molar-refractivity contribution in [2.75, 3.05) is 0 Å². The third-order valence-corrected chi connectivity index (χ3v) is 7.41. The molecule has 0 bridgehead atoms. The molecule has 184 valence electrons. The summed E-state index contributed by atoms with van der Waals surface area (Å²) in [6, 6.07) is 12.6. The van der Waals surface area contributed by atoms with Crippen molar-refractivity contribution in [1.82, 2.24) is 25.3 Å². The van der Waals surface area contributed by atoms with E-state index in [0.29, 0.717) is 18.4 Å². The summed E-state index contributed by atoms with van der Waals surface area (Å²) in [7, 11) is 0. The van der Waals surface area contributed by atoms with Gasteiger partial charge in [-0.1, -0.05) is 53.5 Å². The minimum Gasteiger partial charge on any atom is -0.349 e. The van der Waals surface area contributed by atoms with E-state index >= 15 is 0 Å². The number of nitrogens with zero attached hydrogens (tertiary/aromatic N) is 3. The number of aromatic amines is 1. The number of imidazole rings is 1. The predicted octanol–water partition coefficient (Wildman–Crippen LogP) is 5.96. The first-order chi connectivity index (χ1) is 17.6. The summed E-state index contributed by atoms with van der Waals surface area (Å²) in [5.74, 6) is 1.40. The maximum Gasteiger partial charge on any atom is 0.254 e. The number of carbonyl (C=O) groups is 1. The lowest BCUT2D eigenvalue weighted by molar-refractivity contribution is 0.0951. The lowest BCUT2D eigenvalue weighted by atomic mass is 9.74. The maximum atomic E-state index is 12.7. The van der Waals surface area contributed by atoms with E-state index < -0.39 is 0 Å². The fourth-order valence-corrected chi connectivity index (χ4v) is 5.72. The summed E-state index contributed by atoms with van der Waals surface area (Å²) in [6.07, 6.45) is 13.6. The molecule has 1 aliphatic rings. The molecule has 0 saturated heterocycles. The summed E-state index contributed by atoms with van der Waals surface area (Å²) in [6.45, 7) is 0.373. The van der Waals surface area contributed by atoms with E-state index in [-0.39, 0.29) is 21.5 Å². The van der Waals surface area contributed by atoms with Crippen LogP contribution in [0.2, 0.25) is 10.0 Å². The van der Waals surface area contributed by atoms with Crippen molar-refractivity contribution in [2.45, 2.75) is 44.6 Å². The molecule has 4 aromatic rings. The van der Waals surface area contributed by atoms with Gasteiger partial charge in [0.2, 0.25) is 0 Å². The second-order valence-electron chi connectivity index (χ2n) is 9.23. The lowest BCUT2D eigenvalue weighted by Gasteiger charge is -2.31. The van der Waals surface area contributed by atoms with E-state index in [0.717, 1.165) is 37.1 Å². The Hall–Kier alpha value is -3.22. The topological polar surface area (TPSA) is 83.6 Å². The number of amides is 1. The van der Waals surface area contributed by atoms with Crippen LogP contribution in [0.3, 0.4) is 0 Å². The number of hydrogen-bond donors (Lipinski definition) is 2. The molecule has 3 heterocycles. The fourth-order valence-electron chi connectivity index (χ4n) is 5.19. The number of pyridine rings is 2. The van der Waals surface area contributed by atoms with Gasteiger partial charge in [-0.15, -0.1) is 0 Å². The third-order valence-electron chi connectivity index (χ3n) is 6.84. The van der Waals surface area contributed by atoms with Gasteiger partial charge in [-0.25, -0.2) is 4.98 Å². The van der Waals surface area contributed by atoms with Crippen molar-refractivity contribution in [1.29, 1.82) is 0 Å². The Morgan fingerprint density at radius 2 is 1.89 bits per heavy atom. The van der Waals surface area contributed by atoms with Crippen LogP contribution in [0.4, 0.5) is 0 Å². The SMILES string of the molecule is O=C(NCc1cccc(CC(Cc2ncc[nH]2)C2CCCc3cccnc32)c1)c1c(Cl)cncc1Cl. The van der Waals surface area contributed by atoms with Gasteiger partial charge in [0.15, 0.2) is 0 Å². The summed E-state index contributed by atoms with van der Waals surface area (Å²) >= 11 is 12.3. The molecule has 0 radical (unpaired) electrons. The zero-order valence-electron chi connectivity index (χ0n) is 19.8. The van der Waals surface area contributed by atoms with Crippen molar-refractivity contribution >= 4 is 29.1 Å². The van der Waals surface area contributed by atoms with E-state index in [4.69, 9.17) is 28.2 Å². The number of H-pyrrole nitrogens is 1. The van der Waals surface area contributed by atoms with Crippen LogP contribution in [0.1, 0.15) is 57.3 Å². The van der Waals surface area contributed by atoms with Crippen LogP contribution in [0.5, 0.6) is 0 Å². The Labute approximate surface area is 220 Å². The molecule has 2 N–H and O–H groups in total. The first-order valence-corrected chi connectivity index (χ1v) is 12.9. The number of hydrogen-bond acceptors (Lipinski definition) is 4. The molecule has 5 rings (SSSR count). The van der Waals surface area contributed by atoms with Gasteiger partial charge in [-0.05, 0) is 54.4 Å². The van der Waals surface area contributed by atoms with Crippen LogP contribution >= 0.6 is 23.2 Å². The summed E-state index contributed by atoms with van der Waals surface area (Å²) in [5, 5.41) is 3.39. The van der Waals surface area contributed by atoms with Gasteiger partial charge < -0.3 is 10.3 Å². The summed E-state index contributed by atoms with van der Waals surface area (Å²) in [5.41, 5.74) is 5.08. The second-order valence-corrected chi connectivity index (χ2v) is 10.0. The van der Waals surface area contributed by atoms with Gasteiger partial charge in [0.25, 0.3) is 5.91 Å². The smallest absolute Gasteiger partial charge is 0.254 e. The molecule has 3 aromatic heterocycles. The van der Waals surface area contributed by atoms with E-state index in [1.54, 1.807) is 0 Å². The Morgan fingerprint density at radius 1 is 1.06 bits per heavy atom. The summed E-state index contributed by atoms with van der Waals surface area (Å²) in [4.78, 5) is 29.2. The minimum absolute atomic E-state index is 0.232. The number of benzene rings is 1. The highest BCUT2D eigenvalue weighted by molar-refractivity contribution is 6.39. The normalized spacial score (nSPS) is 15.8. The van der Waals surface area contributed by atoms with E-state index in [1.165, 1.54) is 35.6 Å². The first-order valence-electron chi connectivity index (χ1n) is 12.2. The minimum atomic E-state index is -0.321. The number of nitrogens with one attached hydrogen (secondary N) is 2. The quantitative estimate of drug-likeness (QED) is 0.301. The molecular formula is C28H27Cl2N5O. The predicted molar refractivity (Wildman–Crippen MR) is 141 cm³/mol. The molecule has 2 atom stereocenters. The highest BCUT2D eigenvalue weighted by Gasteiger charge is 2.30. The monoisotopic (exact) mass is 519 g/mol. The molecule has 2 unspecified atom stereocenters. The van der Waals surface area contributed by atoms with Crippen LogP contribution in [0.25, 0.3) is 0 Å². The molecule has 0 aliphatic heterocycles. The van der Waals surface area contributed by atoms with Crippen LogP contribution in [0.15, 0.2) is 67.4 Å². The van der Waals surface area contributed by atoms with E-state index in [2.05, 4.69) is 38.5 Å². The number of aryl methyl sites for hydroxylation is 1. The Morgan fingerprint density at radius 3 is 2.69 bits per heavy atom. The van der Waals surface area contributed by atoms with Gasteiger partial charge in [-0.2, -0.15) is 0 Å². The average Bonchev–Trinajstić information content (AvgIpc) is 3.40. The van der Waals surface area contributed by atoms with Gasteiger partial charge in [-0.3, -0.25) is 14.8 Å². The number of fused-ring (bicyclic) bond motifs is 1. The Balaban J connectivity index is 1.33. The standard InChI is InChI=1S/C28H27Cl2N5O/c29-23-16-31-17-24(30)26(23)28(36)35-15-19-5-1-4-18(12-19)13-21(14-25-32-10-11-33-25)22-8-2-6-20-7-3-9-34-27(20)22/h1,3-5,7,9-12,16-17,21-22H,2,6,8,13-15H2,(H,32,33)(H,35,36). The van der Waals surface area contributed by atoms with Crippen molar-refractivity contribution in [3.05, 3.63) is 111 Å². The van der Waals surface area contributed by atoms with Gasteiger partial charge in [0.1, 0.15) is 5.82 Å². The highest BCUT2D eigenvalue weighted by Crippen LogP contribution is 2.38. The van der Waals surface area contributed by atoms with Crippen molar-refractivity contribution in [3.63, 3.8) is 0 Å². The van der Waals surface area contributed by atoms with Crippen LogP contribution in [0, 0.1) is 5.92 Å². The number of carbonyl (C=O) groups excluding carboxylic acids is 1. The van der Waals surface area contributed by atoms with E-state index in [1.807, 2.05) is 36.8 Å². The molecule has 6 nitrogen and oxygen atoms in total. The Kier molecular flexibility index (Phi) is 7.63. The highest BCUT2D eigenvalue weighted by atomic mass is 35.5. The molecule has 1 aliphatic carbocycles. The fraction of sp³-hybridized carbons (Fsp3) is 0.286. The van der Waals surface area contributed by atoms with Crippen molar-refractivity contribution in [2.24, 2.45) is 5.92 Å². The van der Waals surface area contributed by atoms with Gasteiger partial charge in [0, 0.05) is 55.6 Å². The van der Waals surface area contributed by atoms with Gasteiger partial charge in [0.05, 0.1) is 15.6 Å². The maximum absolute atomic E-state index is 12.7. The largest absolute Gasteiger partial charge is 0.349 e. The molecule has 1 aromatic carbocycles. The molecule has 0 fully saturated rings. The average molecular weight is 520 g/mol. The van der Waals surface area contributed by atoms with Crippen molar-refractivity contribution < 1.29 is 4.79 Å².